The fourth-order valence-corrected chi connectivity index (χ4v) is 1.39. The van der Waals surface area contributed by atoms with Gasteiger partial charge in [0, 0.05) is 0 Å². The summed E-state index contributed by atoms with van der Waals surface area (Å²) in [5.74, 6) is 0. The zero-order valence-electron chi connectivity index (χ0n) is 7.64. The lowest BCUT2D eigenvalue weighted by atomic mass is 10.1. The number of benzene rings is 2. The molecule has 0 aliphatic rings. The quantitative estimate of drug-likeness (QED) is 0.585. The van der Waals surface area contributed by atoms with Gasteiger partial charge in [0.05, 0.1) is 6.57 Å². The van der Waals surface area contributed by atoms with Crippen molar-refractivity contribution in [2.24, 2.45) is 0 Å². The maximum atomic E-state index is 6.93. The fourth-order valence-electron chi connectivity index (χ4n) is 1.39. The molecule has 1 heteroatoms. The average Bonchev–Trinajstić information content (AvgIpc) is 2.30. The van der Waals surface area contributed by atoms with Crippen molar-refractivity contribution in [3.05, 3.63) is 66.0 Å². The van der Waals surface area contributed by atoms with E-state index in [-0.39, 0.29) is 0 Å². The lowest BCUT2D eigenvalue weighted by Crippen LogP contribution is -1.74. The van der Waals surface area contributed by atoms with Crippen LogP contribution in [0.15, 0.2) is 54.6 Å². The first kappa shape index (κ1) is 8.52. The first-order valence-corrected chi connectivity index (χ1v) is 4.43. The van der Waals surface area contributed by atoms with Crippen LogP contribution in [-0.4, -0.2) is 0 Å². The predicted octanol–water partition coefficient (Wildman–Crippen LogP) is 3.90. The second-order valence-electron chi connectivity index (χ2n) is 3.03. The minimum atomic E-state index is 0.686. The summed E-state index contributed by atoms with van der Waals surface area (Å²) < 4.78 is 0. The molecule has 66 valence electrons. The summed E-state index contributed by atoms with van der Waals surface area (Å²) in [5, 5.41) is 0. The van der Waals surface area contributed by atoms with Gasteiger partial charge >= 0.3 is 0 Å². The van der Waals surface area contributed by atoms with Crippen LogP contribution in [0, 0.1) is 6.57 Å². The summed E-state index contributed by atoms with van der Waals surface area (Å²) in [5.41, 5.74) is 2.93. The molecule has 2 aromatic rings. The molecule has 14 heavy (non-hydrogen) atoms. The maximum Gasteiger partial charge on any atom is 0.187 e. The van der Waals surface area contributed by atoms with E-state index in [1.165, 1.54) is 0 Å². The van der Waals surface area contributed by atoms with Crippen molar-refractivity contribution in [2.45, 2.75) is 0 Å². The van der Waals surface area contributed by atoms with Crippen LogP contribution in [0.3, 0.4) is 0 Å². The highest BCUT2D eigenvalue weighted by Crippen LogP contribution is 2.23. The highest BCUT2D eigenvalue weighted by molar-refractivity contribution is 5.68. The molecule has 0 fully saturated rings. The van der Waals surface area contributed by atoms with Gasteiger partial charge in [0.25, 0.3) is 0 Å². The fraction of sp³-hybridized carbons (Fsp3) is 0. The molecule has 0 saturated carbocycles. The van der Waals surface area contributed by atoms with Gasteiger partial charge in [-0.25, -0.2) is 4.85 Å². The lowest BCUT2D eigenvalue weighted by Gasteiger charge is -2.00. The summed E-state index contributed by atoms with van der Waals surface area (Å²) >= 11 is 0. The van der Waals surface area contributed by atoms with Gasteiger partial charge in [-0.15, -0.1) is 0 Å². The molecule has 0 unspecified atom stereocenters. The Morgan fingerprint density at radius 1 is 0.786 bits per heavy atom. The molecular weight excluding hydrogens is 170 g/mol. The molecule has 0 N–H and O–H groups in total. The molecular formula is C13H9N. The molecule has 0 radical (unpaired) electrons. The summed E-state index contributed by atoms with van der Waals surface area (Å²) in [6, 6.07) is 17.7. The largest absolute Gasteiger partial charge is 0.238 e. The Balaban J connectivity index is 2.49. The molecule has 0 atom stereocenters. The Morgan fingerprint density at radius 3 is 2.21 bits per heavy atom. The predicted molar refractivity (Wildman–Crippen MR) is 58.1 cm³/mol. The summed E-state index contributed by atoms with van der Waals surface area (Å²) in [6.45, 7) is 6.93. The third kappa shape index (κ3) is 1.65. The average molecular weight is 179 g/mol. The Morgan fingerprint density at radius 2 is 1.50 bits per heavy atom. The van der Waals surface area contributed by atoms with Gasteiger partial charge in [-0.05, 0) is 17.2 Å². The molecule has 2 rings (SSSR count). The molecule has 1 nitrogen and oxygen atoms in total. The minimum Gasteiger partial charge on any atom is -0.238 e. The highest BCUT2D eigenvalue weighted by Gasteiger charge is 1.96. The Labute approximate surface area is 83.5 Å². The number of hydrogen-bond donors (Lipinski definition) is 0. The Bertz CT molecular complexity index is 466. The smallest absolute Gasteiger partial charge is 0.187 e. The molecule has 0 spiro atoms. The van der Waals surface area contributed by atoms with E-state index in [1.807, 2.05) is 54.6 Å². The first-order valence-electron chi connectivity index (χ1n) is 4.43. The molecule has 0 heterocycles. The van der Waals surface area contributed by atoms with E-state index in [1.54, 1.807) is 0 Å². The molecule has 2 aromatic carbocycles. The lowest BCUT2D eigenvalue weighted by molar-refractivity contribution is 1.62. The molecule has 0 aromatic heterocycles. The van der Waals surface area contributed by atoms with Crippen LogP contribution < -0.4 is 0 Å². The van der Waals surface area contributed by atoms with E-state index in [4.69, 9.17) is 6.57 Å². The molecule has 0 aliphatic heterocycles. The van der Waals surface area contributed by atoms with Crippen molar-refractivity contribution in [2.75, 3.05) is 0 Å². The topological polar surface area (TPSA) is 4.36 Å². The number of hydrogen-bond acceptors (Lipinski definition) is 0. The Hall–Kier alpha value is -2.07. The highest BCUT2D eigenvalue weighted by atomic mass is 14.6. The normalized spacial score (nSPS) is 9.36. The van der Waals surface area contributed by atoms with Crippen LogP contribution in [-0.2, 0) is 0 Å². The van der Waals surface area contributed by atoms with Gasteiger partial charge < -0.3 is 0 Å². The van der Waals surface area contributed by atoms with Gasteiger partial charge in [-0.2, -0.15) is 0 Å². The zero-order chi connectivity index (χ0) is 9.80. The molecule has 0 amide bonds. The minimum absolute atomic E-state index is 0.686. The van der Waals surface area contributed by atoms with Crippen molar-refractivity contribution in [1.82, 2.24) is 0 Å². The summed E-state index contributed by atoms with van der Waals surface area (Å²) in [6.07, 6.45) is 0. The number of nitrogens with zero attached hydrogens (tertiary/aromatic N) is 1. The SMILES string of the molecule is [C-]#[N+]c1cccc(-c2ccccc2)c1. The van der Waals surface area contributed by atoms with Gasteiger partial charge in [-0.3, -0.25) is 0 Å². The zero-order valence-corrected chi connectivity index (χ0v) is 7.64. The third-order valence-corrected chi connectivity index (χ3v) is 2.08. The first-order chi connectivity index (χ1) is 6.90. The van der Waals surface area contributed by atoms with E-state index in [0.29, 0.717) is 5.69 Å². The molecule has 0 bridgehead atoms. The third-order valence-electron chi connectivity index (χ3n) is 2.08. The van der Waals surface area contributed by atoms with E-state index in [0.717, 1.165) is 11.1 Å². The van der Waals surface area contributed by atoms with E-state index < -0.39 is 0 Å². The molecule has 0 saturated heterocycles. The van der Waals surface area contributed by atoms with E-state index >= 15 is 0 Å². The number of rotatable bonds is 1. The van der Waals surface area contributed by atoms with Crippen molar-refractivity contribution >= 4 is 5.69 Å². The van der Waals surface area contributed by atoms with Crippen LogP contribution in [0.25, 0.3) is 16.0 Å². The van der Waals surface area contributed by atoms with Crippen molar-refractivity contribution in [3.63, 3.8) is 0 Å². The van der Waals surface area contributed by atoms with Crippen molar-refractivity contribution in [1.29, 1.82) is 0 Å². The van der Waals surface area contributed by atoms with Crippen molar-refractivity contribution in [3.8, 4) is 11.1 Å². The second-order valence-corrected chi connectivity index (χ2v) is 3.03. The van der Waals surface area contributed by atoms with Gasteiger partial charge in [0.2, 0.25) is 0 Å². The maximum absolute atomic E-state index is 6.93. The van der Waals surface area contributed by atoms with Crippen molar-refractivity contribution < 1.29 is 0 Å². The second kappa shape index (κ2) is 3.76. The van der Waals surface area contributed by atoms with E-state index in [9.17, 15) is 0 Å². The van der Waals surface area contributed by atoms with Crippen LogP contribution in [0.5, 0.6) is 0 Å². The Kier molecular flexibility index (Phi) is 2.29. The molecule has 0 aliphatic carbocycles. The van der Waals surface area contributed by atoms with Crippen LogP contribution in [0.2, 0.25) is 0 Å². The standard InChI is InChI=1S/C13H9N/c1-14-13-9-5-8-12(10-13)11-6-3-2-4-7-11/h2-10H. The van der Waals surface area contributed by atoms with Gasteiger partial charge in [0.1, 0.15) is 0 Å². The van der Waals surface area contributed by atoms with Crippen LogP contribution >= 0.6 is 0 Å². The van der Waals surface area contributed by atoms with Gasteiger partial charge in [-0.1, -0.05) is 48.5 Å². The summed E-state index contributed by atoms with van der Waals surface area (Å²) in [4.78, 5) is 3.41. The van der Waals surface area contributed by atoms with Crippen LogP contribution in [0.1, 0.15) is 0 Å². The summed E-state index contributed by atoms with van der Waals surface area (Å²) in [7, 11) is 0. The monoisotopic (exact) mass is 179 g/mol. The van der Waals surface area contributed by atoms with Gasteiger partial charge in [0.15, 0.2) is 5.69 Å². The van der Waals surface area contributed by atoms with Crippen LogP contribution in [0.4, 0.5) is 5.69 Å². The van der Waals surface area contributed by atoms with E-state index in [2.05, 4.69) is 4.85 Å².